The van der Waals surface area contributed by atoms with E-state index in [1.165, 1.54) is 11.3 Å². The number of carbonyl (C=O) groups excluding carboxylic acids is 1. The number of unbranched alkanes of at least 4 members (excludes halogenated alkanes) is 1. The molecule has 0 aliphatic carbocycles. The molecule has 0 spiro atoms. The van der Waals surface area contributed by atoms with E-state index in [-0.39, 0.29) is 5.91 Å². The third-order valence-electron chi connectivity index (χ3n) is 2.89. The highest BCUT2D eigenvalue weighted by Gasteiger charge is 2.10. The molecule has 0 saturated carbocycles. The Bertz CT molecular complexity index is 581. The summed E-state index contributed by atoms with van der Waals surface area (Å²) in [5, 5.41) is 8.47. The molecule has 6 heteroatoms. The number of nitrogens with zero attached hydrogens (tertiary/aromatic N) is 1. The van der Waals surface area contributed by atoms with Crippen molar-refractivity contribution in [2.75, 3.05) is 19.0 Å². The maximum Gasteiger partial charge on any atom is 0.270 e. The first-order chi connectivity index (χ1) is 10.2. The average molecular weight is 305 g/mol. The lowest BCUT2D eigenvalue weighted by Crippen LogP contribution is -2.24. The zero-order chi connectivity index (χ0) is 15.1. The van der Waals surface area contributed by atoms with Gasteiger partial charge in [0.2, 0.25) is 0 Å². The molecule has 0 aliphatic rings. The minimum absolute atomic E-state index is 0.123. The summed E-state index contributed by atoms with van der Waals surface area (Å²) in [6.07, 6.45) is 2.04. The molecule has 2 rings (SSSR count). The molecule has 0 unspecified atom stereocenters. The van der Waals surface area contributed by atoms with E-state index in [0.717, 1.165) is 24.3 Å². The van der Waals surface area contributed by atoms with E-state index in [0.29, 0.717) is 17.4 Å². The summed E-state index contributed by atoms with van der Waals surface area (Å²) in [4.78, 5) is 16.1. The molecule has 0 aliphatic heterocycles. The molecule has 2 aromatic rings. The van der Waals surface area contributed by atoms with Crippen LogP contribution in [0.5, 0.6) is 5.75 Å². The first kappa shape index (κ1) is 15.3. The van der Waals surface area contributed by atoms with Crippen LogP contribution in [0.1, 0.15) is 30.3 Å². The number of ether oxygens (including phenoxy) is 1. The van der Waals surface area contributed by atoms with Crippen LogP contribution in [0, 0.1) is 0 Å². The Morgan fingerprint density at radius 3 is 2.76 bits per heavy atom. The molecule has 0 bridgehead atoms. The highest BCUT2D eigenvalue weighted by Crippen LogP contribution is 2.22. The zero-order valence-corrected chi connectivity index (χ0v) is 13.0. The van der Waals surface area contributed by atoms with Gasteiger partial charge in [-0.3, -0.25) is 4.79 Å². The Kier molecular flexibility index (Phi) is 5.57. The Hall–Kier alpha value is -2.08. The number of benzene rings is 1. The minimum Gasteiger partial charge on any atom is -0.497 e. The highest BCUT2D eigenvalue weighted by atomic mass is 32.1. The third-order valence-corrected chi connectivity index (χ3v) is 3.65. The van der Waals surface area contributed by atoms with Crippen LogP contribution in [0.3, 0.4) is 0 Å². The van der Waals surface area contributed by atoms with E-state index in [9.17, 15) is 4.79 Å². The van der Waals surface area contributed by atoms with Gasteiger partial charge >= 0.3 is 0 Å². The number of carbonyl (C=O) groups is 1. The number of thiazole rings is 1. The Labute approximate surface area is 128 Å². The second-order valence-corrected chi connectivity index (χ2v) is 5.36. The summed E-state index contributed by atoms with van der Waals surface area (Å²) in [5.74, 6) is 0.679. The van der Waals surface area contributed by atoms with Crippen molar-refractivity contribution in [3.63, 3.8) is 0 Å². The van der Waals surface area contributed by atoms with Gasteiger partial charge in [0, 0.05) is 17.6 Å². The summed E-state index contributed by atoms with van der Waals surface area (Å²) in [5.41, 5.74) is 1.36. The van der Waals surface area contributed by atoms with Gasteiger partial charge in [-0.2, -0.15) is 0 Å². The normalized spacial score (nSPS) is 10.2. The van der Waals surface area contributed by atoms with Crippen molar-refractivity contribution in [1.82, 2.24) is 10.3 Å². The molecule has 5 nitrogen and oxygen atoms in total. The molecule has 2 N–H and O–H groups in total. The molecule has 0 radical (unpaired) electrons. The molecular weight excluding hydrogens is 286 g/mol. The Balaban J connectivity index is 1.94. The van der Waals surface area contributed by atoms with Gasteiger partial charge in [0.15, 0.2) is 5.13 Å². The van der Waals surface area contributed by atoms with Gasteiger partial charge in [-0.1, -0.05) is 13.3 Å². The van der Waals surface area contributed by atoms with Crippen LogP contribution in [0.4, 0.5) is 10.8 Å². The Morgan fingerprint density at radius 2 is 2.10 bits per heavy atom. The van der Waals surface area contributed by atoms with E-state index in [1.807, 2.05) is 24.3 Å². The summed E-state index contributed by atoms with van der Waals surface area (Å²) in [6.45, 7) is 2.78. The van der Waals surface area contributed by atoms with Crippen LogP contribution in [0.25, 0.3) is 0 Å². The molecule has 0 saturated heterocycles. The van der Waals surface area contributed by atoms with Crippen LogP contribution >= 0.6 is 11.3 Å². The molecule has 1 aromatic heterocycles. The summed E-state index contributed by atoms with van der Waals surface area (Å²) in [6, 6.07) is 7.55. The van der Waals surface area contributed by atoms with Crippen molar-refractivity contribution in [2.24, 2.45) is 0 Å². The molecule has 0 atom stereocenters. The van der Waals surface area contributed by atoms with Crippen LogP contribution in [0.2, 0.25) is 0 Å². The SMILES string of the molecule is CCCCNC(=O)c1csc(Nc2ccc(OC)cc2)n1. The van der Waals surface area contributed by atoms with Crippen LogP contribution in [0.15, 0.2) is 29.6 Å². The van der Waals surface area contributed by atoms with E-state index in [4.69, 9.17) is 4.74 Å². The van der Waals surface area contributed by atoms with E-state index in [1.54, 1.807) is 12.5 Å². The maximum absolute atomic E-state index is 11.9. The smallest absolute Gasteiger partial charge is 0.270 e. The molecule has 1 amide bonds. The Morgan fingerprint density at radius 1 is 1.33 bits per heavy atom. The number of nitrogens with one attached hydrogen (secondary N) is 2. The number of rotatable bonds is 7. The van der Waals surface area contributed by atoms with E-state index >= 15 is 0 Å². The summed E-state index contributed by atoms with van der Waals surface area (Å²) < 4.78 is 5.11. The quantitative estimate of drug-likeness (QED) is 0.769. The number of amides is 1. The minimum atomic E-state index is -0.123. The lowest BCUT2D eigenvalue weighted by Gasteiger charge is -2.04. The van der Waals surface area contributed by atoms with Gasteiger partial charge in [-0.25, -0.2) is 4.98 Å². The van der Waals surface area contributed by atoms with Crippen molar-refractivity contribution in [1.29, 1.82) is 0 Å². The number of hydrogen-bond acceptors (Lipinski definition) is 5. The van der Waals surface area contributed by atoms with Crippen molar-refractivity contribution >= 4 is 28.1 Å². The van der Waals surface area contributed by atoms with Gasteiger partial charge in [0.25, 0.3) is 5.91 Å². The predicted molar refractivity (Wildman–Crippen MR) is 85.6 cm³/mol. The fourth-order valence-electron chi connectivity index (χ4n) is 1.70. The third kappa shape index (κ3) is 4.46. The zero-order valence-electron chi connectivity index (χ0n) is 12.2. The predicted octanol–water partition coefficient (Wildman–Crippen LogP) is 3.43. The van der Waals surface area contributed by atoms with Crippen molar-refractivity contribution in [3.05, 3.63) is 35.3 Å². The largest absolute Gasteiger partial charge is 0.497 e. The fourth-order valence-corrected chi connectivity index (χ4v) is 2.41. The molecule has 1 aromatic carbocycles. The van der Waals surface area contributed by atoms with Gasteiger partial charge in [-0.05, 0) is 30.7 Å². The number of hydrogen-bond donors (Lipinski definition) is 2. The van der Waals surface area contributed by atoms with Gasteiger partial charge < -0.3 is 15.4 Å². The van der Waals surface area contributed by atoms with Crippen LogP contribution in [-0.2, 0) is 0 Å². The molecule has 21 heavy (non-hydrogen) atoms. The molecular formula is C15H19N3O2S. The molecule has 1 heterocycles. The van der Waals surface area contributed by atoms with Gasteiger partial charge in [0.05, 0.1) is 7.11 Å². The summed E-state index contributed by atoms with van der Waals surface area (Å²) in [7, 11) is 1.63. The van der Waals surface area contributed by atoms with E-state index in [2.05, 4.69) is 22.5 Å². The lowest BCUT2D eigenvalue weighted by molar-refractivity contribution is 0.0949. The first-order valence-electron chi connectivity index (χ1n) is 6.87. The first-order valence-corrected chi connectivity index (χ1v) is 7.75. The number of aromatic nitrogens is 1. The average Bonchev–Trinajstić information content (AvgIpc) is 2.97. The van der Waals surface area contributed by atoms with Crippen molar-refractivity contribution in [3.8, 4) is 5.75 Å². The maximum atomic E-state index is 11.9. The standard InChI is InChI=1S/C15H19N3O2S/c1-3-4-9-16-14(19)13-10-21-15(18-13)17-11-5-7-12(20-2)8-6-11/h5-8,10H,3-4,9H2,1-2H3,(H,16,19)(H,17,18). The molecule has 112 valence electrons. The van der Waals surface area contributed by atoms with Crippen LogP contribution in [-0.4, -0.2) is 24.5 Å². The van der Waals surface area contributed by atoms with Gasteiger partial charge in [-0.15, -0.1) is 11.3 Å². The lowest BCUT2D eigenvalue weighted by atomic mass is 10.3. The van der Waals surface area contributed by atoms with Crippen molar-refractivity contribution < 1.29 is 9.53 Å². The summed E-state index contributed by atoms with van der Waals surface area (Å²) >= 11 is 1.41. The van der Waals surface area contributed by atoms with Crippen LogP contribution < -0.4 is 15.4 Å². The van der Waals surface area contributed by atoms with Crippen molar-refractivity contribution in [2.45, 2.75) is 19.8 Å². The monoisotopic (exact) mass is 305 g/mol. The second kappa shape index (κ2) is 7.64. The number of methoxy groups -OCH3 is 1. The molecule has 0 fully saturated rings. The topological polar surface area (TPSA) is 63.2 Å². The fraction of sp³-hybridized carbons (Fsp3) is 0.333. The number of anilines is 2. The van der Waals surface area contributed by atoms with Gasteiger partial charge in [0.1, 0.15) is 11.4 Å². The second-order valence-electron chi connectivity index (χ2n) is 4.50. The van der Waals surface area contributed by atoms with E-state index < -0.39 is 0 Å². The highest BCUT2D eigenvalue weighted by molar-refractivity contribution is 7.14.